The first kappa shape index (κ1) is 21.6. The first-order chi connectivity index (χ1) is 15.7. The molecule has 0 unspecified atom stereocenters. The van der Waals surface area contributed by atoms with E-state index >= 15 is 0 Å². The van der Waals surface area contributed by atoms with Gasteiger partial charge in [-0.25, -0.2) is 9.18 Å². The Bertz CT molecular complexity index is 1190. The van der Waals surface area contributed by atoms with Crippen LogP contribution in [0.15, 0.2) is 76.5 Å². The van der Waals surface area contributed by atoms with Crippen LogP contribution in [0, 0.1) is 5.82 Å². The number of ether oxygens (including phenoxy) is 2. The molecule has 2 aromatic heterocycles. The van der Waals surface area contributed by atoms with Crippen LogP contribution >= 0.6 is 11.8 Å². The van der Waals surface area contributed by atoms with Crippen LogP contribution in [-0.2, 0) is 17.1 Å². The maximum atomic E-state index is 13.9. The van der Waals surface area contributed by atoms with Crippen LogP contribution in [0.2, 0.25) is 0 Å². The van der Waals surface area contributed by atoms with Gasteiger partial charge in [0.25, 0.3) is 0 Å². The molecule has 0 saturated carbocycles. The molecule has 0 aliphatic heterocycles. The fourth-order valence-electron chi connectivity index (χ4n) is 3.00. The third-order valence-corrected chi connectivity index (χ3v) is 5.41. The number of furan rings is 1. The number of halogens is 1. The molecule has 0 N–H and O–H groups in total. The van der Waals surface area contributed by atoms with Gasteiger partial charge < -0.3 is 13.9 Å². The summed E-state index contributed by atoms with van der Waals surface area (Å²) in [6.45, 7) is 2.06. The van der Waals surface area contributed by atoms with Crippen molar-refractivity contribution < 1.29 is 23.1 Å². The monoisotopic (exact) mass is 453 g/mol. The van der Waals surface area contributed by atoms with Gasteiger partial charge in [-0.3, -0.25) is 4.57 Å². The molecule has 164 valence electrons. The second kappa shape index (κ2) is 10.1. The number of benzene rings is 2. The Balaban J connectivity index is 1.57. The zero-order valence-electron chi connectivity index (χ0n) is 17.2. The molecule has 2 aromatic carbocycles. The molecule has 2 heterocycles. The van der Waals surface area contributed by atoms with Crippen LogP contribution in [0.4, 0.5) is 4.39 Å². The Hall–Kier alpha value is -3.59. The number of nitrogens with zero attached hydrogens (tertiary/aromatic N) is 3. The van der Waals surface area contributed by atoms with Crippen molar-refractivity contribution in [1.82, 2.24) is 14.8 Å². The van der Waals surface area contributed by atoms with Crippen LogP contribution in [0.25, 0.3) is 5.69 Å². The number of para-hydroxylation sites is 2. The zero-order valence-corrected chi connectivity index (χ0v) is 18.0. The van der Waals surface area contributed by atoms with Gasteiger partial charge in [0.2, 0.25) is 0 Å². The van der Waals surface area contributed by atoms with Crippen molar-refractivity contribution in [2.75, 3.05) is 6.61 Å². The standard InChI is InChI=1S/C23H20FN3O4S/c1-2-29-22(28)17-12-13-30-20(17)15-32-23-26-25-21(27(23)16-8-4-3-5-9-16)14-31-19-11-7-6-10-18(19)24/h3-13H,2,14-15H2,1H3. The first-order valence-corrected chi connectivity index (χ1v) is 10.9. The molecule has 4 rings (SSSR count). The van der Waals surface area contributed by atoms with Crippen molar-refractivity contribution in [2.24, 2.45) is 0 Å². The van der Waals surface area contributed by atoms with E-state index in [9.17, 15) is 9.18 Å². The number of rotatable bonds is 9. The number of hydrogen-bond donors (Lipinski definition) is 0. The second-order valence-corrected chi connectivity index (χ2v) is 7.50. The highest BCUT2D eigenvalue weighted by atomic mass is 32.2. The van der Waals surface area contributed by atoms with E-state index in [0.717, 1.165) is 5.69 Å². The zero-order chi connectivity index (χ0) is 22.3. The van der Waals surface area contributed by atoms with Crippen molar-refractivity contribution in [3.63, 3.8) is 0 Å². The minimum absolute atomic E-state index is 0.0260. The minimum atomic E-state index is -0.447. The van der Waals surface area contributed by atoms with Gasteiger partial charge in [-0.1, -0.05) is 42.1 Å². The molecule has 0 radical (unpaired) electrons. The number of aromatic nitrogens is 3. The predicted octanol–water partition coefficient (Wildman–Crippen LogP) is 5.05. The molecule has 32 heavy (non-hydrogen) atoms. The van der Waals surface area contributed by atoms with E-state index in [4.69, 9.17) is 13.9 Å². The van der Waals surface area contributed by atoms with Gasteiger partial charge >= 0.3 is 5.97 Å². The lowest BCUT2D eigenvalue weighted by Gasteiger charge is -2.11. The van der Waals surface area contributed by atoms with Gasteiger partial charge in [-0.15, -0.1) is 10.2 Å². The average Bonchev–Trinajstić information content (AvgIpc) is 3.45. The number of thioether (sulfide) groups is 1. The van der Waals surface area contributed by atoms with Gasteiger partial charge in [0.1, 0.15) is 17.9 Å². The van der Waals surface area contributed by atoms with Crippen LogP contribution in [-0.4, -0.2) is 27.3 Å². The van der Waals surface area contributed by atoms with E-state index in [1.54, 1.807) is 31.2 Å². The van der Waals surface area contributed by atoms with Crippen molar-refractivity contribution in [2.45, 2.75) is 24.4 Å². The van der Waals surface area contributed by atoms with Crippen LogP contribution < -0.4 is 4.74 Å². The number of carbonyl (C=O) groups is 1. The topological polar surface area (TPSA) is 79.4 Å². The van der Waals surface area contributed by atoms with Gasteiger partial charge in [-0.2, -0.15) is 0 Å². The van der Waals surface area contributed by atoms with Gasteiger partial charge in [0.05, 0.1) is 18.6 Å². The third-order valence-electron chi connectivity index (χ3n) is 4.48. The molecule has 0 fully saturated rings. The minimum Gasteiger partial charge on any atom is -0.483 e. The predicted molar refractivity (Wildman–Crippen MR) is 116 cm³/mol. The highest BCUT2D eigenvalue weighted by molar-refractivity contribution is 7.98. The largest absolute Gasteiger partial charge is 0.483 e. The molecule has 9 heteroatoms. The van der Waals surface area contributed by atoms with Crippen molar-refractivity contribution in [3.8, 4) is 11.4 Å². The van der Waals surface area contributed by atoms with Gasteiger partial charge in [-0.05, 0) is 37.3 Å². The number of hydrogen-bond acceptors (Lipinski definition) is 7. The maximum Gasteiger partial charge on any atom is 0.341 e. The lowest BCUT2D eigenvalue weighted by molar-refractivity contribution is 0.0524. The van der Waals surface area contributed by atoms with Crippen LogP contribution in [0.3, 0.4) is 0 Å². The lowest BCUT2D eigenvalue weighted by Crippen LogP contribution is -2.07. The Morgan fingerprint density at radius 1 is 1.09 bits per heavy atom. The summed E-state index contributed by atoms with van der Waals surface area (Å²) >= 11 is 1.35. The third kappa shape index (κ3) is 4.83. The molecule has 0 spiro atoms. The van der Waals surface area contributed by atoms with Crippen LogP contribution in [0.5, 0.6) is 5.75 Å². The molecule has 0 amide bonds. The van der Waals surface area contributed by atoms with Crippen molar-refractivity contribution in [3.05, 3.63) is 89.9 Å². The fourth-order valence-corrected chi connectivity index (χ4v) is 3.92. The Labute approximate surface area is 188 Å². The molecular formula is C23H20FN3O4S. The Morgan fingerprint density at radius 3 is 2.66 bits per heavy atom. The summed E-state index contributed by atoms with van der Waals surface area (Å²) in [5.41, 5.74) is 1.21. The summed E-state index contributed by atoms with van der Waals surface area (Å²) < 4.78 is 32.0. The van der Waals surface area contributed by atoms with E-state index in [0.29, 0.717) is 28.1 Å². The van der Waals surface area contributed by atoms with E-state index in [-0.39, 0.29) is 19.0 Å². The quantitative estimate of drug-likeness (QED) is 0.259. The Morgan fingerprint density at radius 2 is 1.88 bits per heavy atom. The first-order valence-electron chi connectivity index (χ1n) is 9.90. The molecule has 7 nitrogen and oxygen atoms in total. The maximum absolute atomic E-state index is 13.9. The van der Waals surface area contributed by atoms with Crippen molar-refractivity contribution in [1.29, 1.82) is 0 Å². The number of esters is 1. The summed E-state index contributed by atoms with van der Waals surface area (Å²) in [7, 11) is 0. The number of carbonyl (C=O) groups excluding carboxylic acids is 1. The van der Waals surface area contributed by atoms with Gasteiger partial charge in [0, 0.05) is 5.69 Å². The van der Waals surface area contributed by atoms with E-state index in [1.165, 1.54) is 24.1 Å². The fraction of sp³-hybridized carbons (Fsp3) is 0.174. The molecule has 0 saturated heterocycles. The van der Waals surface area contributed by atoms with E-state index < -0.39 is 11.8 Å². The molecule has 0 aliphatic rings. The summed E-state index contributed by atoms with van der Waals surface area (Å²) in [5, 5.41) is 9.11. The summed E-state index contributed by atoms with van der Waals surface area (Å²) in [4.78, 5) is 12.1. The lowest BCUT2D eigenvalue weighted by atomic mass is 10.3. The molecule has 4 aromatic rings. The SMILES string of the molecule is CCOC(=O)c1ccoc1CSc1nnc(COc2ccccc2F)n1-c1ccccc1. The molecular weight excluding hydrogens is 433 g/mol. The van der Waals surface area contributed by atoms with E-state index in [1.807, 2.05) is 34.9 Å². The summed E-state index contributed by atoms with van der Waals surface area (Å²) in [5.74, 6) is 0.601. The normalized spacial score (nSPS) is 10.8. The molecule has 0 atom stereocenters. The van der Waals surface area contributed by atoms with Crippen molar-refractivity contribution >= 4 is 17.7 Å². The van der Waals surface area contributed by atoms with Gasteiger partial charge in [0.15, 0.2) is 22.5 Å². The Kier molecular flexibility index (Phi) is 6.86. The summed E-state index contributed by atoms with van der Waals surface area (Å²) in [6, 6.07) is 17.3. The van der Waals surface area contributed by atoms with E-state index in [2.05, 4.69) is 10.2 Å². The summed E-state index contributed by atoms with van der Waals surface area (Å²) in [6.07, 6.45) is 1.46. The molecule has 0 bridgehead atoms. The highest BCUT2D eigenvalue weighted by Crippen LogP contribution is 2.28. The van der Waals surface area contributed by atoms with Crippen LogP contribution in [0.1, 0.15) is 28.9 Å². The highest BCUT2D eigenvalue weighted by Gasteiger charge is 2.20. The second-order valence-electron chi connectivity index (χ2n) is 6.56. The molecule has 0 aliphatic carbocycles. The smallest absolute Gasteiger partial charge is 0.341 e. The average molecular weight is 453 g/mol.